The highest BCUT2D eigenvalue weighted by atomic mass is 32.2. The Bertz CT molecular complexity index is 1220. The fourth-order valence-electron chi connectivity index (χ4n) is 3.25. The number of benzene rings is 3. The minimum Gasteiger partial charge on any atom is -0.270 e. The van der Waals surface area contributed by atoms with Crippen LogP contribution in [-0.4, -0.2) is 14.8 Å². The standard InChI is InChI=1S/C23H17F4N3S/c1-15-7-6-9-17(13-15)30-21(18-10-3-5-12-20(18)24)28-29-22(30)31-14-16-8-2-4-11-19(16)23(25,26)27/h2-13H,14H2,1H3. The number of aromatic nitrogens is 3. The lowest BCUT2D eigenvalue weighted by atomic mass is 10.1. The maximum absolute atomic E-state index is 14.5. The van der Waals surface area contributed by atoms with Gasteiger partial charge in [-0.2, -0.15) is 13.2 Å². The van der Waals surface area contributed by atoms with Gasteiger partial charge in [-0.25, -0.2) is 4.39 Å². The summed E-state index contributed by atoms with van der Waals surface area (Å²) in [5.41, 5.74) is 1.41. The molecule has 0 N–H and O–H groups in total. The Morgan fingerprint density at radius 2 is 1.65 bits per heavy atom. The molecule has 0 radical (unpaired) electrons. The minimum atomic E-state index is -4.44. The van der Waals surface area contributed by atoms with Crippen LogP contribution in [-0.2, 0) is 11.9 Å². The molecule has 8 heteroatoms. The lowest BCUT2D eigenvalue weighted by Gasteiger charge is -2.14. The van der Waals surface area contributed by atoms with Crippen LogP contribution in [0.1, 0.15) is 16.7 Å². The second-order valence-corrected chi connectivity index (χ2v) is 7.85. The van der Waals surface area contributed by atoms with Gasteiger partial charge in [-0.3, -0.25) is 4.57 Å². The number of hydrogen-bond donors (Lipinski definition) is 0. The SMILES string of the molecule is Cc1cccc(-n2c(SCc3ccccc3C(F)(F)F)nnc2-c2ccccc2F)c1. The van der Waals surface area contributed by atoms with Crippen LogP contribution in [0, 0.1) is 12.7 Å². The van der Waals surface area contributed by atoms with Gasteiger partial charge in [0.2, 0.25) is 0 Å². The van der Waals surface area contributed by atoms with Gasteiger partial charge in [0.15, 0.2) is 11.0 Å². The van der Waals surface area contributed by atoms with E-state index in [1.54, 1.807) is 28.8 Å². The highest BCUT2D eigenvalue weighted by molar-refractivity contribution is 7.98. The molecule has 0 spiro atoms. The zero-order chi connectivity index (χ0) is 22.0. The maximum Gasteiger partial charge on any atom is 0.416 e. The van der Waals surface area contributed by atoms with E-state index in [-0.39, 0.29) is 22.7 Å². The third-order valence-electron chi connectivity index (χ3n) is 4.69. The van der Waals surface area contributed by atoms with E-state index >= 15 is 0 Å². The second kappa shape index (κ2) is 8.55. The number of rotatable bonds is 5. The summed E-state index contributed by atoms with van der Waals surface area (Å²) < 4.78 is 56.2. The Morgan fingerprint density at radius 1 is 0.903 bits per heavy atom. The Labute approximate surface area is 180 Å². The van der Waals surface area contributed by atoms with Gasteiger partial charge in [0.05, 0.1) is 11.1 Å². The molecule has 1 heterocycles. The van der Waals surface area contributed by atoms with Crippen LogP contribution in [0.5, 0.6) is 0 Å². The third-order valence-corrected chi connectivity index (χ3v) is 5.67. The average Bonchev–Trinajstić information content (AvgIpc) is 3.16. The average molecular weight is 443 g/mol. The third kappa shape index (κ3) is 4.49. The zero-order valence-corrected chi connectivity index (χ0v) is 17.2. The summed E-state index contributed by atoms with van der Waals surface area (Å²) in [7, 11) is 0. The summed E-state index contributed by atoms with van der Waals surface area (Å²) in [5.74, 6) is -0.130. The van der Waals surface area contributed by atoms with Gasteiger partial charge in [-0.1, -0.05) is 54.2 Å². The number of nitrogens with zero attached hydrogens (tertiary/aromatic N) is 3. The number of hydrogen-bond acceptors (Lipinski definition) is 3. The second-order valence-electron chi connectivity index (χ2n) is 6.90. The number of halogens is 4. The van der Waals surface area contributed by atoms with Crippen LogP contribution in [0.4, 0.5) is 17.6 Å². The van der Waals surface area contributed by atoms with Crippen LogP contribution in [0.3, 0.4) is 0 Å². The Kier molecular flexibility index (Phi) is 5.82. The number of thioether (sulfide) groups is 1. The maximum atomic E-state index is 14.5. The lowest BCUT2D eigenvalue weighted by molar-refractivity contribution is -0.138. The smallest absolute Gasteiger partial charge is 0.270 e. The van der Waals surface area contributed by atoms with Crippen LogP contribution >= 0.6 is 11.8 Å². The van der Waals surface area contributed by atoms with Crippen LogP contribution in [0.2, 0.25) is 0 Å². The van der Waals surface area contributed by atoms with E-state index in [0.29, 0.717) is 10.8 Å². The van der Waals surface area contributed by atoms with Crippen molar-refractivity contribution in [3.63, 3.8) is 0 Å². The quantitative estimate of drug-likeness (QED) is 0.254. The van der Waals surface area contributed by atoms with Gasteiger partial charge >= 0.3 is 6.18 Å². The van der Waals surface area contributed by atoms with Crippen LogP contribution < -0.4 is 0 Å². The summed E-state index contributed by atoms with van der Waals surface area (Å²) in [6.07, 6.45) is -4.44. The molecule has 0 unspecified atom stereocenters. The van der Waals surface area contributed by atoms with Gasteiger partial charge in [0, 0.05) is 11.4 Å². The molecule has 158 valence electrons. The van der Waals surface area contributed by atoms with Gasteiger partial charge in [0.25, 0.3) is 0 Å². The summed E-state index contributed by atoms with van der Waals surface area (Å²) in [4.78, 5) is 0. The van der Waals surface area contributed by atoms with E-state index in [0.717, 1.165) is 23.4 Å². The molecule has 3 nitrogen and oxygen atoms in total. The van der Waals surface area contributed by atoms with E-state index in [9.17, 15) is 17.6 Å². The molecule has 31 heavy (non-hydrogen) atoms. The van der Waals surface area contributed by atoms with E-state index in [4.69, 9.17) is 0 Å². The first-order valence-corrected chi connectivity index (χ1v) is 10.4. The van der Waals surface area contributed by atoms with Crippen LogP contribution in [0.15, 0.2) is 78.0 Å². The molecule has 4 rings (SSSR count). The normalized spacial score (nSPS) is 11.6. The topological polar surface area (TPSA) is 30.7 Å². The van der Waals surface area contributed by atoms with E-state index in [1.165, 1.54) is 18.2 Å². The molecule has 1 aromatic heterocycles. The molecule has 0 fully saturated rings. The van der Waals surface area contributed by atoms with E-state index in [1.807, 2.05) is 31.2 Å². The van der Waals surface area contributed by atoms with Crippen molar-refractivity contribution >= 4 is 11.8 Å². The molecule has 0 saturated carbocycles. The Balaban J connectivity index is 1.77. The highest BCUT2D eigenvalue weighted by Crippen LogP contribution is 2.36. The molecular formula is C23H17F4N3S. The molecule has 0 bridgehead atoms. The monoisotopic (exact) mass is 443 g/mol. The van der Waals surface area contributed by atoms with Crippen molar-refractivity contribution in [3.8, 4) is 17.1 Å². The van der Waals surface area contributed by atoms with Crippen molar-refractivity contribution in [2.24, 2.45) is 0 Å². The van der Waals surface area contributed by atoms with Crippen molar-refractivity contribution < 1.29 is 17.6 Å². The van der Waals surface area contributed by atoms with Gasteiger partial charge in [-0.05, 0) is 48.4 Å². The molecule has 3 aromatic carbocycles. The summed E-state index contributed by atoms with van der Waals surface area (Å²) in [6.45, 7) is 1.92. The lowest BCUT2D eigenvalue weighted by Crippen LogP contribution is -2.08. The predicted octanol–water partition coefficient (Wildman–Crippen LogP) is 6.69. The Hall–Kier alpha value is -3.13. The summed E-state index contributed by atoms with van der Waals surface area (Å²) >= 11 is 1.12. The van der Waals surface area contributed by atoms with Crippen molar-refractivity contribution in [3.05, 3.63) is 95.3 Å². The molecular weight excluding hydrogens is 426 g/mol. The first kappa shape index (κ1) is 21.1. The highest BCUT2D eigenvalue weighted by Gasteiger charge is 2.33. The van der Waals surface area contributed by atoms with Crippen molar-refractivity contribution in [2.75, 3.05) is 0 Å². The summed E-state index contributed by atoms with van der Waals surface area (Å²) in [6, 6.07) is 19.1. The largest absolute Gasteiger partial charge is 0.416 e. The van der Waals surface area contributed by atoms with Gasteiger partial charge < -0.3 is 0 Å². The van der Waals surface area contributed by atoms with Gasteiger partial charge in [-0.15, -0.1) is 10.2 Å². The van der Waals surface area contributed by atoms with Crippen molar-refractivity contribution in [1.29, 1.82) is 0 Å². The van der Waals surface area contributed by atoms with E-state index < -0.39 is 17.6 Å². The summed E-state index contributed by atoms with van der Waals surface area (Å²) in [5, 5.41) is 8.72. The minimum absolute atomic E-state index is 0.0386. The molecule has 0 aliphatic heterocycles. The van der Waals surface area contributed by atoms with E-state index in [2.05, 4.69) is 10.2 Å². The molecule has 0 aliphatic rings. The molecule has 4 aromatic rings. The molecule has 0 amide bonds. The first-order chi connectivity index (χ1) is 14.8. The Morgan fingerprint density at radius 3 is 2.39 bits per heavy atom. The van der Waals surface area contributed by atoms with Crippen molar-refractivity contribution in [1.82, 2.24) is 14.8 Å². The predicted molar refractivity (Wildman–Crippen MR) is 112 cm³/mol. The molecule has 0 aliphatic carbocycles. The molecule has 0 saturated heterocycles. The number of alkyl halides is 3. The number of aryl methyl sites for hydroxylation is 1. The fraction of sp³-hybridized carbons (Fsp3) is 0.130. The van der Waals surface area contributed by atoms with Gasteiger partial charge in [0.1, 0.15) is 5.82 Å². The van der Waals surface area contributed by atoms with Crippen LogP contribution in [0.25, 0.3) is 17.1 Å². The fourth-order valence-corrected chi connectivity index (χ4v) is 4.20. The molecule has 0 atom stereocenters. The first-order valence-electron chi connectivity index (χ1n) is 9.40. The van der Waals surface area contributed by atoms with Crippen molar-refractivity contribution in [2.45, 2.75) is 24.0 Å². The zero-order valence-electron chi connectivity index (χ0n) is 16.4.